The number of carboxylic acids is 1. The molecule has 0 saturated heterocycles. The number of hydrogen-bond acceptors (Lipinski definition) is 8. The highest BCUT2D eigenvalue weighted by Gasteiger charge is 2.34. The third-order valence-electron chi connectivity index (χ3n) is 4.48. The molecule has 0 aliphatic rings. The van der Waals surface area contributed by atoms with Crippen molar-refractivity contribution < 1.29 is 39.3 Å². The molecule has 4 amide bonds. The lowest BCUT2D eigenvalue weighted by Crippen LogP contribution is -2.61. The van der Waals surface area contributed by atoms with Crippen molar-refractivity contribution in [2.75, 3.05) is 0 Å². The first-order chi connectivity index (χ1) is 14.7. The van der Waals surface area contributed by atoms with Gasteiger partial charge in [-0.1, -0.05) is 13.8 Å². The van der Waals surface area contributed by atoms with Crippen LogP contribution in [0.25, 0.3) is 0 Å². The Labute approximate surface area is 186 Å². The van der Waals surface area contributed by atoms with Gasteiger partial charge in [0.1, 0.15) is 12.1 Å². The summed E-state index contributed by atoms with van der Waals surface area (Å²) in [4.78, 5) is 59.8. The molecule has 0 aliphatic heterocycles. The van der Waals surface area contributed by atoms with Gasteiger partial charge in [-0.05, 0) is 32.6 Å². The summed E-state index contributed by atoms with van der Waals surface area (Å²) in [5.74, 6) is -4.78. The zero-order valence-electron chi connectivity index (χ0n) is 18.7. The van der Waals surface area contributed by atoms with Crippen molar-refractivity contribution in [1.82, 2.24) is 16.0 Å². The zero-order valence-corrected chi connectivity index (χ0v) is 18.7. The van der Waals surface area contributed by atoms with Gasteiger partial charge in [0.2, 0.25) is 23.6 Å². The van der Waals surface area contributed by atoms with Gasteiger partial charge in [0.05, 0.1) is 18.2 Å². The van der Waals surface area contributed by atoms with Gasteiger partial charge in [0.25, 0.3) is 0 Å². The number of aliphatic hydroxyl groups is 2. The Hall–Kier alpha value is -2.77. The van der Waals surface area contributed by atoms with Crippen LogP contribution < -0.4 is 27.4 Å². The maximum atomic E-state index is 12.7. The predicted octanol–water partition coefficient (Wildman–Crippen LogP) is -3.07. The van der Waals surface area contributed by atoms with Crippen molar-refractivity contribution in [3.8, 4) is 0 Å². The molecule has 0 bridgehead atoms. The highest BCUT2D eigenvalue weighted by molar-refractivity contribution is 5.94. The maximum Gasteiger partial charge on any atom is 0.328 e. The van der Waals surface area contributed by atoms with Crippen LogP contribution in [0, 0.1) is 5.92 Å². The summed E-state index contributed by atoms with van der Waals surface area (Å²) in [5.41, 5.74) is 10.9. The van der Waals surface area contributed by atoms with E-state index in [4.69, 9.17) is 16.6 Å². The van der Waals surface area contributed by atoms with E-state index in [0.717, 1.165) is 6.92 Å². The molecule has 0 heterocycles. The quantitative estimate of drug-likeness (QED) is 0.131. The number of hydrogen-bond donors (Lipinski definition) is 8. The molecule has 0 radical (unpaired) electrons. The first-order valence-electron chi connectivity index (χ1n) is 10.2. The standard InChI is InChI=1S/C19H35N5O8/c1-8(2)7-11(20)16(28)22-12(5-6-13(21)27)17(29)23-14(9(3)25)18(30)24-15(10(4)26)19(31)32/h8-12,14-15,25-26H,5-7,20H2,1-4H3,(H2,21,27)(H,22,28)(H,23,29)(H,24,30)(H,31,32). The van der Waals surface area contributed by atoms with E-state index in [1.165, 1.54) is 6.92 Å². The second-order valence-electron chi connectivity index (χ2n) is 8.09. The fourth-order valence-electron chi connectivity index (χ4n) is 2.74. The number of aliphatic carboxylic acids is 1. The molecular weight excluding hydrogens is 426 g/mol. The predicted molar refractivity (Wildman–Crippen MR) is 113 cm³/mol. The summed E-state index contributed by atoms with van der Waals surface area (Å²) in [6, 6.07) is -5.51. The topological polar surface area (TPSA) is 234 Å². The first kappa shape index (κ1) is 29.2. The van der Waals surface area contributed by atoms with E-state index in [1.54, 1.807) is 0 Å². The van der Waals surface area contributed by atoms with Crippen LogP contribution in [0.3, 0.4) is 0 Å². The van der Waals surface area contributed by atoms with Crippen molar-refractivity contribution in [1.29, 1.82) is 0 Å². The van der Waals surface area contributed by atoms with Gasteiger partial charge < -0.3 is 42.7 Å². The number of nitrogens with two attached hydrogens (primary N) is 2. The second-order valence-corrected chi connectivity index (χ2v) is 8.09. The average molecular weight is 462 g/mol. The maximum absolute atomic E-state index is 12.7. The van der Waals surface area contributed by atoms with Crippen LogP contribution in [0.1, 0.15) is 47.0 Å². The lowest BCUT2D eigenvalue weighted by atomic mass is 10.0. The molecule has 0 aromatic heterocycles. The van der Waals surface area contributed by atoms with E-state index in [2.05, 4.69) is 10.6 Å². The molecule has 0 aromatic rings. The number of primary amides is 1. The summed E-state index contributed by atoms with van der Waals surface area (Å²) >= 11 is 0. The number of nitrogens with one attached hydrogen (secondary N) is 3. The zero-order chi connectivity index (χ0) is 25.2. The van der Waals surface area contributed by atoms with E-state index < -0.39 is 66.0 Å². The molecule has 13 heteroatoms. The van der Waals surface area contributed by atoms with Crippen molar-refractivity contribution in [2.24, 2.45) is 17.4 Å². The smallest absolute Gasteiger partial charge is 0.328 e. The average Bonchev–Trinajstić information content (AvgIpc) is 2.65. The van der Waals surface area contributed by atoms with E-state index in [-0.39, 0.29) is 18.8 Å². The Kier molecular flexibility index (Phi) is 12.4. The van der Waals surface area contributed by atoms with E-state index in [9.17, 15) is 34.2 Å². The normalized spacial score (nSPS) is 16.8. The summed E-state index contributed by atoms with van der Waals surface area (Å²) in [5, 5.41) is 35.2. The number of rotatable bonds is 14. The third-order valence-corrected chi connectivity index (χ3v) is 4.48. The first-order valence-corrected chi connectivity index (χ1v) is 10.2. The fraction of sp³-hybridized carbons (Fsp3) is 0.737. The molecule has 184 valence electrons. The lowest BCUT2D eigenvalue weighted by molar-refractivity contribution is -0.146. The second kappa shape index (κ2) is 13.6. The molecule has 0 aromatic carbocycles. The number of aliphatic hydroxyl groups excluding tert-OH is 2. The Morgan fingerprint density at radius 2 is 1.31 bits per heavy atom. The largest absolute Gasteiger partial charge is 0.480 e. The molecule has 6 unspecified atom stereocenters. The highest BCUT2D eigenvalue weighted by atomic mass is 16.4. The fourth-order valence-corrected chi connectivity index (χ4v) is 2.74. The van der Waals surface area contributed by atoms with Crippen molar-refractivity contribution in [2.45, 2.75) is 83.3 Å². The van der Waals surface area contributed by atoms with Crippen molar-refractivity contribution >= 4 is 29.6 Å². The molecular formula is C19H35N5O8. The van der Waals surface area contributed by atoms with Crippen molar-refractivity contribution in [3.05, 3.63) is 0 Å². The highest BCUT2D eigenvalue weighted by Crippen LogP contribution is 2.06. The minimum absolute atomic E-state index is 0.105. The van der Waals surface area contributed by atoms with Crippen LogP contribution in [0.15, 0.2) is 0 Å². The molecule has 0 fully saturated rings. The number of carbonyl (C=O) groups is 5. The molecule has 0 aliphatic carbocycles. The minimum atomic E-state index is -1.68. The van der Waals surface area contributed by atoms with E-state index in [0.29, 0.717) is 6.42 Å². The summed E-state index contributed by atoms with van der Waals surface area (Å²) in [6.45, 7) is 6.03. The van der Waals surface area contributed by atoms with Crippen molar-refractivity contribution in [3.63, 3.8) is 0 Å². The van der Waals surface area contributed by atoms with Crippen LogP contribution >= 0.6 is 0 Å². The monoisotopic (exact) mass is 461 g/mol. The summed E-state index contributed by atoms with van der Waals surface area (Å²) in [6.07, 6.45) is -3.03. The van der Waals surface area contributed by atoms with Gasteiger partial charge >= 0.3 is 5.97 Å². The van der Waals surface area contributed by atoms with Gasteiger partial charge in [-0.3, -0.25) is 19.2 Å². The molecule has 0 saturated carbocycles. The summed E-state index contributed by atoms with van der Waals surface area (Å²) < 4.78 is 0. The minimum Gasteiger partial charge on any atom is -0.480 e. The van der Waals surface area contributed by atoms with Gasteiger partial charge in [-0.15, -0.1) is 0 Å². The molecule has 0 rings (SSSR count). The van der Waals surface area contributed by atoms with Gasteiger partial charge in [0, 0.05) is 6.42 Å². The molecule has 13 nitrogen and oxygen atoms in total. The van der Waals surface area contributed by atoms with Crippen LogP contribution in [0.5, 0.6) is 0 Å². The van der Waals surface area contributed by atoms with Gasteiger partial charge in [-0.25, -0.2) is 4.79 Å². The Balaban J connectivity index is 5.47. The van der Waals surface area contributed by atoms with Crippen LogP contribution in [0.4, 0.5) is 0 Å². The lowest BCUT2D eigenvalue weighted by Gasteiger charge is -2.27. The molecule has 6 atom stereocenters. The molecule has 0 spiro atoms. The van der Waals surface area contributed by atoms with Gasteiger partial charge in [0.15, 0.2) is 6.04 Å². The third kappa shape index (κ3) is 10.5. The Morgan fingerprint density at radius 3 is 1.72 bits per heavy atom. The van der Waals surface area contributed by atoms with Crippen LogP contribution in [-0.4, -0.2) is 81.3 Å². The summed E-state index contributed by atoms with van der Waals surface area (Å²) in [7, 11) is 0. The molecule has 32 heavy (non-hydrogen) atoms. The van der Waals surface area contributed by atoms with Crippen LogP contribution in [-0.2, 0) is 24.0 Å². The SMILES string of the molecule is CC(C)CC(N)C(=O)NC(CCC(N)=O)C(=O)NC(C(=O)NC(C(=O)O)C(C)O)C(C)O. The van der Waals surface area contributed by atoms with E-state index >= 15 is 0 Å². The number of amides is 4. The number of carboxylic acid groups (broad SMARTS) is 1. The molecule has 10 N–H and O–H groups in total. The Bertz CT molecular complexity index is 683. The van der Waals surface area contributed by atoms with Crippen LogP contribution in [0.2, 0.25) is 0 Å². The van der Waals surface area contributed by atoms with Gasteiger partial charge in [-0.2, -0.15) is 0 Å². The number of carbonyl (C=O) groups excluding carboxylic acids is 4. The van der Waals surface area contributed by atoms with E-state index in [1.807, 2.05) is 19.2 Å². The Morgan fingerprint density at radius 1 is 0.812 bits per heavy atom.